The van der Waals surface area contributed by atoms with Gasteiger partial charge >= 0.3 is 0 Å². The zero-order valence-electron chi connectivity index (χ0n) is 16.0. The summed E-state index contributed by atoms with van der Waals surface area (Å²) in [6, 6.07) is 6.12. The van der Waals surface area contributed by atoms with Crippen LogP contribution in [0.3, 0.4) is 0 Å². The van der Waals surface area contributed by atoms with Crippen molar-refractivity contribution in [3.63, 3.8) is 0 Å². The number of hydrogen-bond donors (Lipinski definition) is 0. The highest BCUT2D eigenvalue weighted by Crippen LogP contribution is 2.33. The van der Waals surface area contributed by atoms with Crippen LogP contribution in [-0.4, -0.2) is 45.4 Å². The molecule has 3 heterocycles. The normalized spacial score (nSPS) is 17.0. The molecule has 7 nitrogen and oxygen atoms in total. The van der Waals surface area contributed by atoms with Gasteiger partial charge in [-0.05, 0) is 19.9 Å². The van der Waals surface area contributed by atoms with Crippen LogP contribution in [0.5, 0.6) is 11.5 Å². The SMILES string of the molecule is COc1ccc(CN2CCn3c(-c4nc(C)cs4)nnc3C2C)c(OC)c1. The van der Waals surface area contributed by atoms with Crippen LogP contribution in [0.15, 0.2) is 23.6 Å². The molecule has 4 rings (SSSR count). The van der Waals surface area contributed by atoms with Gasteiger partial charge in [0.25, 0.3) is 0 Å². The van der Waals surface area contributed by atoms with Crippen molar-refractivity contribution in [2.75, 3.05) is 20.8 Å². The van der Waals surface area contributed by atoms with E-state index in [1.807, 2.05) is 24.4 Å². The van der Waals surface area contributed by atoms with Crippen molar-refractivity contribution in [2.45, 2.75) is 33.0 Å². The van der Waals surface area contributed by atoms with Crippen LogP contribution in [0.1, 0.15) is 30.0 Å². The van der Waals surface area contributed by atoms with E-state index in [2.05, 4.69) is 37.6 Å². The molecule has 0 saturated heterocycles. The van der Waals surface area contributed by atoms with E-state index in [4.69, 9.17) is 9.47 Å². The smallest absolute Gasteiger partial charge is 0.193 e. The first-order chi connectivity index (χ1) is 13.1. The summed E-state index contributed by atoms with van der Waals surface area (Å²) >= 11 is 1.62. The highest BCUT2D eigenvalue weighted by Gasteiger charge is 2.29. The Morgan fingerprint density at radius 2 is 2.04 bits per heavy atom. The molecule has 0 saturated carbocycles. The summed E-state index contributed by atoms with van der Waals surface area (Å²) in [5.41, 5.74) is 2.15. The first-order valence-corrected chi connectivity index (χ1v) is 9.79. The lowest BCUT2D eigenvalue weighted by atomic mass is 10.1. The van der Waals surface area contributed by atoms with Gasteiger partial charge in [-0.2, -0.15) is 0 Å². The quantitative estimate of drug-likeness (QED) is 0.671. The third-order valence-electron chi connectivity index (χ3n) is 4.99. The van der Waals surface area contributed by atoms with Crippen molar-refractivity contribution in [3.05, 3.63) is 40.7 Å². The molecule has 0 spiro atoms. The van der Waals surface area contributed by atoms with Gasteiger partial charge < -0.3 is 14.0 Å². The molecule has 0 amide bonds. The number of methoxy groups -OCH3 is 2. The Morgan fingerprint density at radius 1 is 1.19 bits per heavy atom. The lowest BCUT2D eigenvalue weighted by Gasteiger charge is -2.33. The largest absolute Gasteiger partial charge is 0.497 e. The molecular weight excluding hydrogens is 362 g/mol. The highest BCUT2D eigenvalue weighted by atomic mass is 32.1. The summed E-state index contributed by atoms with van der Waals surface area (Å²) in [5.74, 6) is 3.49. The third kappa shape index (κ3) is 3.30. The fourth-order valence-electron chi connectivity index (χ4n) is 3.46. The molecule has 0 fully saturated rings. The van der Waals surface area contributed by atoms with Crippen LogP contribution in [0.4, 0.5) is 0 Å². The number of aromatic nitrogens is 4. The minimum atomic E-state index is 0.160. The van der Waals surface area contributed by atoms with E-state index in [1.165, 1.54) is 0 Å². The van der Waals surface area contributed by atoms with Gasteiger partial charge in [0.05, 0.1) is 20.3 Å². The van der Waals surface area contributed by atoms with E-state index in [1.54, 1.807) is 25.6 Å². The Balaban J connectivity index is 1.58. The second-order valence-electron chi connectivity index (χ2n) is 6.65. The van der Waals surface area contributed by atoms with E-state index in [0.717, 1.165) is 59.0 Å². The first-order valence-electron chi connectivity index (χ1n) is 8.91. The third-order valence-corrected chi connectivity index (χ3v) is 5.95. The highest BCUT2D eigenvalue weighted by molar-refractivity contribution is 7.13. The molecular formula is C19H23N5O2S. The second kappa shape index (κ2) is 7.28. The van der Waals surface area contributed by atoms with E-state index in [0.29, 0.717) is 0 Å². The molecule has 0 aliphatic carbocycles. The molecule has 1 unspecified atom stereocenters. The number of rotatable bonds is 5. The molecule has 1 atom stereocenters. The summed E-state index contributed by atoms with van der Waals surface area (Å²) < 4.78 is 13.0. The van der Waals surface area contributed by atoms with Gasteiger partial charge in [-0.3, -0.25) is 4.90 Å². The molecule has 1 aromatic carbocycles. The van der Waals surface area contributed by atoms with Crippen molar-refractivity contribution < 1.29 is 9.47 Å². The lowest BCUT2D eigenvalue weighted by molar-refractivity contribution is 0.155. The van der Waals surface area contributed by atoms with Gasteiger partial charge in [-0.25, -0.2) is 4.98 Å². The molecule has 0 bridgehead atoms. The number of benzene rings is 1. The van der Waals surface area contributed by atoms with Gasteiger partial charge in [0.2, 0.25) is 0 Å². The van der Waals surface area contributed by atoms with Crippen molar-refractivity contribution >= 4 is 11.3 Å². The van der Waals surface area contributed by atoms with Crippen molar-refractivity contribution in [2.24, 2.45) is 0 Å². The van der Waals surface area contributed by atoms with Gasteiger partial charge in [0, 0.05) is 42.3 Å². The minimum Gasteiger partial charge on any atom is -0.497 e. The number of ether oxygens (including phenoxy) is 2. The summed E-state index contributed by atoms with van der Waals surface area (Å²) in [7, 11) is 3.35. The van der Waals surface area contributed by atoms with Crippen LogP contribution in [0, 0.1) is 6.92 Å². The number of aryl methyl sites for hydroxylation is 1. The van der Waals surface area contributed by atoms with Crippen molar-refractivity contribution in [1.29, 1.82) is 0 Å². The first kappa shape index (κ1) is 17.9. The summed E-state index contributed by atoms with van der Waals surface area (Å²) in [6.07, 6.45) is 0. The van der Waals surface area contributed by atoms with Crippen LogP contribution >= 0.6 is 11.3 Å². The molecule has 0 radical (unpaired) electrons. The number of hydrogen-bond acceptors (Lipinski definition) is 7. The number of nitrogens with zero attached hydrogens (tertiary/aromatic N) is 5. The molecule has 0 N–H and O–H groups in total. The monoisotopic (exact) mass is 385 g/mol. The second-order valence-corrected chi connectivity index (χ2v) is 7.51. The fourth-order valence-corrected chi connectivity index (χ4v) is 4.25. The average Bonchev–Trinajstić information content (AvgIpc) is 3.30. The standard InChI is InChI=1S/C19H23N5O2S/c1-12-11-27-19(20-12)18-22-21-17-13(2)23(7-8-24(17)18)10-14-5-6-15(25-3)9-16(14)26-4/h5-6,9,11,13H,7-8,10H2,1-4H3. The van der Waals surface area contributed by atoms with Crippen LogP contribution in [0.25, 0.3) is 10.8 Å². The van der Waals surface area contributed by atoms with E-state index >= 15 is 0 Å². The van der Waals surface area contributed by atoms with Gasteiger partial charge in [-0.1, -0.05) is 6.07 Å². The summed E-state index contributed by atoms with van der Waals surface area (Å²) in [5, 5.41) is 11.9. The Labute approximate surface area is 162 Å². The van der Waals surface area contributed by atoms with Crippen LogP contribution in [-0.2, 0) is 13.1 Å². The Morgan fingerprint density at radius 3 is 2.74 bits per heavy atom. The topological polar surface area (TPSA) is 65.3 Å². The van der Waals surface area contributed by atoms with E-state index in [9.17, 15) is 0 Å². The molecule has 8 heteroatoms. The molecule has 27 heavy (non-hydrogen) atoms. The maximum Gasteiger partial charge on any atom is 0.193 e. The predicted octanol–water partition coefficient (Wildman–Crippen LogP) is 3.30. The van der Waals surface area contributed by atoms with Gasteiger partial charge in [-0.15, -0.1) is 21.5 Å². The Hall–Kier alpha value is -2.45. The summed E-state index contributed by atoms with van der Waals surface area (Å²) in [6.45, 7) is 6.72. The lowest BCUT2D eigenvalue weighted by Crippen LogP contribution is -2.36. The zero-order valence-corrected chi connectivity index (χ0v) is 16.8. The zero-order chi connectivity index (χ0) is 19.0. The summed E-state index contributed by atoms with van der Waals surface area (Å²) in [4.78, 5) is 6.96. The molecule has 1 aliphatic rings. The Bertz CT molecular complexity index is 951. The molecule has 1 aliphatic heterocycles. The molecule has 2 aromatic heterocycles. The van der Waals surface area contributed by atoms with E-state index < -0.39 is 0 Å². The van der Waals surface area contributed by atoms with Gasteiger partial charge in [0.15, 0.2) is 16.7 Å². The number of fused-ring (bicyclic) bond motifs is 1. The van der Waals surface area contributed by atoms with Crippen LogP contribution in [0.2, 0.25) is 0 Å². The number of thiazole rings is 1. The van der Waals surface area contributed by atoms with Crippen molar-refractivity contribution in [3.8, 4) is 22.3 Å². The maximum atomic E-state index is 5.55. The molecule has 142 valence electrons. The van der Waals surface area contributed by atoms with Crippen LogP contribution < -0.4 is 9.47 Å². The maximum absolute atomic E-state index is 5.55. The van der Waals surface area contributed by atoms with E-state index in [-0.39, 0.29) is 6.04 Å². The minimum absolute atomic E-state index is 0.160. The molecule has 3 aromatic rings. The average molecular weight is 385 g/mol. The van der Waals surface area contributed by atoms with Gasteiger partial charge in [0.1, 0.15) is 11.5 Å². The predicted molar refractivity (Wildman–Crippen MR) is 104 cm³/mol. The Kier molecular flexibility index (Phi) is 4.84. The van der Waals surface area contributed by atoms with Crippen molar-refractivity contribution in [1.82, 2.24) is 24.6 Å². The fraction of sp³-hybridized carbons (Fsp3) is 0.421.